The van der Waals surface area contributed by atoms with Crippen LogP contribution in [-0.2, 0) is 0 Å². The quantitative estimate of drug-likeness (QED) is 0.690. The van der Waals surface area contributed by atoms with E-state index in [-0.39, 0.29) is 11.3 Å². The summed E-state index contributed by atoms with van der Waals surface area (Å²) in [6.07, 6.45) is -7.19. The van der Waals surface area contributed by atoms with Crippen LogP contribution in [0.4, 0.5) is 18.9 Å². The summed E-state index contributed by atoms with van der Waals surface area (Å²) in [7, 11) is 0. The topological polar surface area (TPSA) is 46.2 Å². The van der Waals surface area contributed by atoms with Gasteiger partial charge in [0.1, 0.15) is 0 Å². The lowest BCUT2D eigenvalue weighted by atomic mass is 10.0. The first-order valence-corrected chi connectivity index (χ1v) is 3.93. The van der Waals surface area contributed by atoms with E-state index in [0.717, 1.165) is 0 Å². The van der Waals surface area contributed by atoms with Crippen molar-refractivity contribution in [2.75, 3.05) is 5.73 Å². The van der Waals surface area contributed by atoms with Gasteiger partial charge in [0.15, 0.2) is 6.10 Å². The second-order valence-electron chi connectivity index (χ2n) is 3.08. The first kappa shape index (κ1) is 10.8. The molecule has 0 spiro atoms. The van der Waals surface area contributed by atoms with E-state index < -0.39 is 12.3 Å². The number of hydrogen-bond donors (Lipinski definition) is 2. The van der Waals surface area contributed by atoms with Crippen LogP contribution >= 0.6 is 0 Å². The van der Waals surface area contributed by atoms with E-state index in [1.807, 2.05) is 0 Å². The molecule has 0 unspecified atom stereocenters. The molecule has 0 radical (unpaired) electrons. The summed E-state index contributed by atoms with van der Waals surface area (Å²) in [5, 5.41) is 8.96. The molecule has 3 N–H and O–H groups in total. The van der Waals surface area contributed by atoms with Gasteiger partial charge in [0.2, 0.25) is 0 Å². The van der Waals surface area contributed by atoms with E-state index >= 15 is 0 Å². The first-order chi connectivity index (χ1) is 6.32. The third kappa shape index (κ3) is 2.17. The van der Waals surface area contributed by atoms with Crippen molar-refractivity contribution in [2.45, 2.75) is 19.2 Å². The number of anilines is 1. The van der Waals surface area contributed by atoms with Crippen molar-refractivity contribution >= 4 is 5.69 Å². The average Bonchev–Trinajstić information content (AvgIpc) is 2.06. The Kier molecular flexibility index (Phi) is 2.71. The Hall–Kier alpha value is -1.23. The zero-order valence-corrected chi connectivity index (χ0v) is 7.47. The molecule has 0 fully saturated rings. The molecule has 1 rings (SSSR count). The molecular formula is C9H10F3NO. The highest BCUT2D eigenvalue weighted by Crippen LogP contribution is 2.35. The Morgan fingerprint density at radius 3 is 2.43 bits per heavy atom. The van der Waals surface area contributed by atoms with Gasteiger partial charge in [0, 0.05) is 11.3 Å². The van der Waals surface area contributed by atoms with Gasteiger partial charge in [-0.1, -0.05) is 17.7 Å². The molecule has 0 aliphatic heterocycles. The SMILES string of the molecule is Cc1ccc(N)c([C@H](O)C(F)(F)F)c1. The summed E-state index contributed by atoms with van der Waals surface area (Å²) < 4.78 is 36.4. The maximum Gasteiger partial charge on any atom is 0.418 e. The third-order valence-electron chi connectivity index (χ3n) is 1.85. The maximum atomic E-state index is 12.1. The van der Waals surface area contributed by atoms with E-state index in [4.69, 9.17) is 10.8 Å². The molecule has 0 amide bonds. The van der Waals surface area contributed by atoms with Gasteiger partial charge in [0.05, 0.1) is 0 Å². The predicted octanol–water partition coefficient (Wildman–Crippen LogP) is 2.17. The zero-order chi connectivity index (χ0) is 10.9. The summed E-state index contributed by atoms with van der Waals surface area (Å²) >= 11 is 0. The first-order valence-electron chi connectivity index (χ1n) is 3.93. The molecular weight excluding hydrogens is 195 g/mol. The minimum absolute atomic E-state index is 0.0552. The van der Waals surface area contributed by atoms with Crippen LogP contribution in [0.25, 0.3) is 0 Å². The summed E-state index contributed by atoms with van der Waals surface area (Å²) in [6, 6.07) is 4.16. The van der Waals surface area contributed by atoms with Gasteiger partial charge in [-0.25, -0.2) is 0 Å². The van der Waals surface area contributed by atoms with Crippen LogP contribution in [0.5, 0.6) is 0 Å². The number of rotatable bonds is 1. The lowest BCUT2D eigenvalue weighted by Crippen LogP contribution is -2.21. The highest BCUT2D eigenvalue weighted by Gasteiger charge is 2.40. The van der Waals surface area contributed by atoms with Crippen LogP contribution in [-0.4, -0.2) is 11.3 Å². The third-order valence-corrected chi connectivity index (χ3v) is 1.85. The molecule has 1 aromatic rings. The number of hydrogen-bond acceptors (Lipinski definition) is 2. The van der Waals surface area contributed by atoms with Gasteiger partial charge in [0.25, 0.3) is 0 Å². The lowest BCUT2D eigenvalue weighted by Gasteiger charge is -2.16. The number of aryl methyl sites for hydroxylation is 1. The van der Waals surface area contributed by atoms with Gasteiger partial charge < -0.3 is 10.8 Å². The molecule has 1 aromatic carbocycles. The molecule has 78 valence electrons. The van der Waals surface area contributed by atoms with Gasteiger partial charge in [-0.3, -0.25) is 0 Å². The van der Waals surface area contributed by atoms with Crippen LogP contribution in [0.15, 0.2) is 18.2 Å². The van der Waals surface area contributed by atoms with Crippen LogP contribution in [0.1, 0.15) is 17.2 Å². The fraction of sp³-hybridized carbons (Fsp3) is 0.333. The average molecular weight is 205 g/mol. The fourth-order valence-electron chi connectivity index (χ4n) is 1.11. The van der Waals surface area contributed by atoms with Crippen molar-refractivity contribution in [3.8, 4) is 0 Å². The second kappa shape index (κ2) is 3.49. The second-order valence-corrected chi connectivity index (χ2v) is 3.08. The molecule has 5 heteroatoms. The zero-order valence-electron chi connectivity index (χ0n) is 7.47. The summed E-state index contributed by atoms with van der Waals surface area (Å²) in [5.74, 6) is 0. The number of aliphatic hydroxyl groups excluding tert-OH is 1. The van der Waals surface area contributed by atoms with Gasteiger partial charge in [-0.2, -0.15) is 13.2 Å². The van der Waals surface area contributed by atoms with Crippen LogP contribution in [0.3, 0.4) is 0 Å². The van der Waals surface area contributed by atoms with Crippen molar-refractivity contribution < 1.29 is 18.3 Å². The number of nitrogens with two attached hydrogens (primary N) is 1. The van der Waals surface area contributed by atoms with E-state index in [0.29, 0.717) is 5.56 Å². The van der Waals surface area contributed by atoms with Gasteiger partial charge in [-0.05, 0) is 13.0 Å². The summed E-state index contributed by atoms with van der Waals surface area (Å²) in [4.78, 5) is 0. The Morgan fingerprint density at radius 2 is 1.93 bits per heavy atom. The van der Waals surface area contributed by atoms with Crippen LogP contribution in [0.2, 0.25) is 0 Å². The minimum Gasteiger partial charge on any atom is -0.398 e. The predicted molar refractivity (Wildman–Crippen MR) is 46.6 cm³/mol. The highest BCUT2D eigenvalue weighted by atomic mass is 19.4. The number of nitrogen functional groups attached to an aromatic ring is 1. The molecule has 0 aromatic heterocycles. The molecule has 0 saturated heterocycles. The minimum atomic E-state index is -4.68. The molecule has 0 saturated carbocycles. The van der Waals surface area contributed by atoms with Crippen molar-refractivity contribution in [3.05, 3.63) is 29.3 Å². The smallest absolute Gasteiger partial charge is 0.398 e. The molecule has 1 atom stereocenters. The van der Waals surface area contributed by atoms with E-state index in [1.165, 1.54) is 12.1 Å². The standard InChI is InChI=1S/C9H10F3NO/c1-5-2-3-7(13)6(4-5)8(14)9(10,11)12/h2-4,8,14H,13H2,1H3/t8-/m0/s1. The van der Waals surface area contributed by atoms with Crippen molar-refractivity contribution in [2.24, 2.45) is 0 Å². The molecule has 0 bridgehead atoms. The maximum absolute atomic E-state index is 12.1. The molecule has 0 aliphatic rings. The number of aliphatic hydroxyl groups is 1. The normalized spacial score (nSPS) is 14.1. The molecule has 0 aliphatic carbocycles. The van der Waals surface area contributed by atoms with Gasteiger partial charge in [-0.15, -0.1) is 0 Å². The summed E-state index contributed by atoms with van der Waals surface area (Å²) in [5.41, 5.74) is 5.60. The van der Waals surface area contributed by atoms with Crippen molar-refractivity contribution in [1.29, 1.82) is 0 Å². The monoisotopic (exact) mass is 205 g/mol. The Bertz CT molecular complexity index is 335. The van der Waals surface area contributed by atoms with Crippen molar-refractivity contribution in [3.63, 3.8) is 0 Å². The van der Waals surface area contributed by atoms with Crippen molar-refractivity contribution in [1.82, 2.24) is 0 Å². The van der Waals surface area contributed by atoms with E-state index in [1.54, 1.807) is 13.0 Å². The molecule has 0 heterocycles. The molecule has 14 heavy (non-hydrogen) atoms. The Morgan fingerprint density at radius 1 is 1.36 bits per heavy atom. The Balaban J connectivity index is 3.12. The van der Waals surface area contributed by atoms with Crippen LogP contribution < -0.4 is 5.73 Å². The lowest BCUT2D eigenvalue weighted by molar-refractivity contribution is -0.206. The van der Waals surface area contributed by atoms with Gasteiger partial charge >= 0.3 is 6.18 Å². The van der Waals surface area contributed by atoms with Crippen LogP contribution in [0, 0.1) is 6.92 Å². The summed E-state index contributed by atoms with van der Waals surface area (Å²) in [6.45, 7) is 1.63. The number of benzene rings is 1. The van der Waals surface area contributed by atoms with E-state index in [2.05, 4.69) is 0 Å². The number of alkyl halides is 3. The Labute approximate surface area is 79.2 Å². The highest BCUT2D eigenvalue weighted by molar-refractivity contribution is 5.50. The fourth-order valence-corrected chi connectivity index (χ4v) is 1.11. The number of halogens is 3. The molecule has 2 nitrogen and oxygen atoms in total. The van der Waals surface area contributed by atoms with E-state index in [9.17, 15) is 13.2 Å². The largest absolute Gasteiger partial charge is 0.418 e.